The molecule has 22 heavy (non-hydrogen) atoms. The van der Waals surface area contributed by atoms with Gasteiger partial charge in [-0.25, -0.2) is 0 Å². The second-order valence-electron chi connectivity index (χ2n) is 4.92. The van der Waals surface area contributed by atoms with Crippen molar-refractivity contribution in [3.63, 3.8) is 0 Å². The van der Waals surface area contributed by atoms with Crippen molar-refractivity contribution in [2.24, 2.45) is 0 Å². The van der Waals surface area contributed by atoms with Gasteiger partial charge in [0.2, 0.25) is 5.91 Å². The maximum absolute atomic E-state index is 12.8. The highest BCUT2D eigenvalue weighted by molar-refractivity contribution is 5.92. The van der Waals surface area contributed by atoms with Gasteiger partial charge < -0.3 is 10.4 Å². The number of amides is 1. The molecule has 0 aliphatic heterocycles. The normalized spacial score (nSPS) is 11.3. The molecule has 3 nitrogen and oxygen atoms in total. The number of phenolic OH excluding ortho intramolecular Hbond substituents is 1. The molecule has 0 aliphatic carbocycles. The molecule has 0 unspecified atom stereocenters. The van der Waals surface area contributed by atoms with Crippen molar-refractivity contribution in [3.8, 4) is 5.75 Å². The summed E-state index contributed by atoms with van der Waals surface area (Å²) in [6, 6.07) is 9.70. The lowest BCUT2D eigenvalue weighted by Gasteiger charge is -2.13. The summed E-state index contributed by atoms with van der Waals surface area (Å²) in [5.74, 6) is -0.347. The van der Waals surface area contributed by atoms with Gasteiger partial charge in [0.25, 0.3) is 0 Å². The van der Waals surface area contributed by atoms with Crippen LogP contribution >= 0.6 is 0 Å². The standard InChI is InChI=1S/C16H14F3NO2/c1-10-2-5-12(9-14(10)16(17,18)19)20-15(22)8-11-3-6-13(21)7-4-11/h2-7,9,21H,8H2,1H3,(H,20,22). The molecule has 0 heterocycles. The van der Waals surface area contributed by atoms with Crippen molar-refractivity contribution >= 4 is 11.6 Å². The van der Waals surface area contributed by atoms with Crippen LogP contribution < -0.4 is 5.32 Å². The minimum absolute atomic E-state index is 0.00943. The van der Waals surface area contributed by atoms with Crippen LogP contribution in [0.15, 0.2) is 42.5 Å². The van der Waals surface area contributed by atoms with Crippen LogP contribution in [0.2, 0.25) is 0 Å². The maximum Gasteiger partial charge on any atom is 0.416 e. The van der Waals surface area contributed by atoms with E-state index in [4.69, 9.17) is 5.11 Å². The van der Waals surface area contributed by atoms with E-state index in [0.717, 1.165) is 6.07 Å². The zero-order valence-corrected chi connectivity index (χ0v) is 11.7. The fraction of sp³-hybridized carbons (Fsp3) is 0.188. The third-order valence-corrected chi connectivity index (χ3v) is 3.13. The quantitative estimate of drug-likeness (QED) is 0.903. The number of alkyl halides is 3. The molecule has 2 rings (SSSR count). The monoisotopic (exact) mass is 309 g/mol. The summed E-state index contributed by atoms with van der Waals surface area (Å²) in [7, 11) is 0. The Labute approximate surface area is 125 Å². The van der Waals surface area contributed by atoms with Crippen LogP contribution in [0, 0.1) is 6.92 Å². The Hall–Kier alpha value is -2.50. The summed E-state index contributed by atoms with van der Waals surface area (Å²) in [4.78, 5) is 11.9. The summed E-state index contributed by atoms with van der Waals surface area (Å²) in [5.41, 5.74) is 0.0825. The Bertz CT molecular complexity index is 679. The van der Waals surface area contributed by atoms with Gasteiger partial charge in [-0.1, -0.05) is 18.2 Å². The predicted molar refractivity (Wildman–Crippen MR) is 76.6 cm³/mol. The van der Waals surface area contributed by atoms with E-state index in [0.29, 0.717) is 5.56 Å². The molecule has 0 saturated heterocycles. The number of nitrogens with one attached hydrogen (secondary N) is 1. The summed E-state index contributed by atoms with van der Waals surface area (Å²) >= 11 is 0. The number of hydrogen-bond acceptors (Lipinski definition) is 2. The van der Waals surface area contributed by atoms with Crippen LogP contribution in [-0.2, 0) is 17.4 Å². The Kier molecular flexibility index (Phi) is 4.40. The topological polar surface area (TPSA) is 49.3 Å². The molecule has 0 aromatic heterocycles. The SMILES string of the molecule is Cc1ccc(NC(=O)Cc2ccc(O)cc2)cc1C(F)(F)F. The third kappa shape index (κ3) is 4.00. The van der Waals surface area contributed by atoms with Crippen LogP contribution in [0.1, 0.15) is 16.7 Å². The molecule has 2 aromatic carbocycles. The van der Waals surface area contributed by atoms with Gasteiger partial charge >= 0.3 is 6.18 Å². The molecule has 6 heteroatoms. The van der Waals surface area contributed by atoms with Gasteiger partial charge in [0, 0.05) is 5.69 Å². The molecule has 0 atom stereocenters. The lowest BCUT2D eigenvalue weighted by molar-refractivity contribution is -0.138. The lowest BCUT2D eigenvalue weighted by atomic mass is 10.1. The molecule has 116 valence electrons. The van der Waals surface area contributed by atoms with Crippen LogP contribution in [0.3, 0.4) is 0 Å². The van der Waals surface area contributed by atoms with E-state index in [2.05, 4.69) is 5.32 Å². The van der Waals surface area contributed by atoms with E-state index in [-0.39, 0.29) is 23.4 Å². The van der Waals surface area contributed by atoms with E-state index in [1.54, 1.807) is 12.1 Å². The van der Waals surface area contributed by atoms with Gasteiger partial charge in [0.1, 0.15) is 5.75 Å². The van der Waals surface area contributed by atoms with Crippen molar-refractivity contribution in [3.05, 3.63) is 59.2 Å². The average Bonchev–Trinajstić information content (AvgIpc) is 2.42. The van der Waals surface area contributed by atoms with E-state index >= 15 is 0 Å². The van der Waals surface area contributed by atoms with Crippen molar-refractivity contribution in [2.45, 2.75) is 19.5 Å². The zero-order valence-electron chi connectivity index (χ0n) is 11.7. The second-order valence-corrected chi connectivity index (χ2v) is 4.92. The lowest BCUT2D eigenvalue weighted by Crippen LogP contribution is -2.15. The zero-order chi connectivity index (χ0) is 16.3. The largest absolute Gasteiger partial charge is 0.508 e. The number of anilines is 1. The van der Waals surface area contributed by atoms with Crippen LogP contribution in [0.5, 0.6) is 5.75 Å². The smallest absolute Gasteiger partial charge is 0.416 e. The van der Waals surface area contributed by atoms with E-state index in [1.165, 1.54) is 31.2 Å². The number of halogens is 3. The average molecular weight is 309 g/mol. The highest BCUT2D eigenvalue weighted by atomic mass is 19.4. The van der Waals surface area contributed by atoms with E-state index in [1.807, 2.05) is 0 Å². The van der Waals surface area contributed by atoms with Gasteiger partial charge in [0.15, 0.2) is 0 Å². The van der Waals surface area contributed by atoms with E-state index < -0.39 is 17.6 Å². The summed E-state index contributed by atoms with van der Waals surface area (Å²) in [6.07, 6.45) is -4.45. The third-order valence-electron chi connectivity index (χ3n) is 3.13. The van der Waals surface area contributed by atoms with Gasteiger partial charge in [-0.2, -0.15) is 13.2 Å². The van der Waals surface area contributed by atoms with E-state index in [9.17, 15) is 18.0 Å². The van der Waals surface area contributed by atoms with Crippen molar-refractivity contribution in [1.29, 1.82) is 0 Å². The Morgan fingerprint density at radius 3 is 2.36 bits per heavy atom. The first-order valence-corrected chi connectivity index (χ1v) is 6.51. The van der Waals surface area contributed by atoms with Crippen LogP contribution in [0.4, 0.5) is 18.9 Å². The molecule has 0 aliphatic rings. The molecule has 0 fully saturated rings. The fourth-order valence-electron chi connectivity index (χ4n) is 2.01. The number of aromatic hydroxyl groups is 1. The van der Waals surface area contributed by atoms with Crippen molar-refractivity contribution in [2.75, 3.05) is 5.32 Å². The molecule has 0 radical (unpaired) electrons. The van der Waals surface area contributed by atoms with Crippen molar-refractivity contribution < 1.29 is 23.1 Å². The Balaban J connectivity index is 2.10. The first kappa shape index (κ1) is 15.9. The number of rotatable bonds is 3. The first-order chi connectivity index (χ1) is 10.3. The molecular weight excluding hydrogens is 295 g/mol. The molecule has 0 bridgehead atoms. The number of phenols is 1. The van der Waals surface area contributed by atoms with Gasteiger partial charge in [-0.15, -0.1) is 0 Å². The van der Waals surface area contributed by atoms with Crippen LogP contribution in [-0.4, -0.2) is 11.0 Å². The van der Waals surface area contributed by atoms with Gasteiger partial charge in [-0.05, 0) is 42.3 Å². The highest BCUT2D eigenvalue weighted by Crippen LogP contribution is 2.33. The molecule has 2 N–H and O–H groups in total. The Morgan fingerprint density at radius 2 is 1.77 bits per heavy atom. The molecule has 2 aromatic rings. The van der Waals surface area contributed by atoms with Crippen molar-refractivity contribution in [1.82, 2.24) is 0 Å². The number of carbonyl (C=O) groups is 1. The van der Waals surface area contributed by atoms with Gasteiger partial charge in [0.05, 0.1) is 12.0 Å². The Morgan fingerprint density at radius 1 is 1.14 bits per heavy atom. The number of aryl methyl sites for hydroxylation is 1. The first-order valence-electron chi connectivity index (χ1n) is 6.51. The fourth-order valence-corrected chi connectivity index (χ4v) is 2.01. The maximum atomic E-state index is 12.8. The molecule has 1 amide bonds. The predicted octanol–water partition coefficient (Wildman–Crippen LogP) is 3.90. The number of hydrogen-bond donors (Lipinski definition) is 2. The molecule has 0 spiro atoms. The number of benzene rings is 2. The molecular formula is C16H14F3NO2. The summed E-state index contributed by atoms with van der Waals surface area (Å²) < 4.78 is 38.4. The van der Waals surface area contributed by atoms with Crippen LogP contribution in [0.25, 0.3) is 0 Å². The molecule has 0 saturated carbocycles. The summed E-state index contributed by atoms with van der Waals surface area (Å²) in [6.45, 7) is 1.37. The highest BCUT2D eigenvalue weighted by Gasteiger charge is 2.32. The minimum Gasteiger partial charge on any atom is -0.508 e. The number of carbonyl (C=O) groups excluding carboxylic acids is 1. The minimum atomic E-state index is -4.46. The second kappa shape index (κ2) is 6.09. The van der Waals surface area contributed by atoms with Gasteiger partial charge in [-0.3, -0.25) is 4.79 Å². The summed E-state index contributed by atoms with van der Waals surface area (Å²) in [5, 5.41) is 11.6.